The summed E-state index contributed by atoms with van der Waals surface area (Å²) in [7, 11) is 2.30. The zero-order chi connectivity index (χ0) is 14.8. The fourth-order valence-corrected chi connectivity index (χ4v) is 4.08. The van der Waals surface area contributed by atoms with Gasteiger partial charge in [0.05, 0.1) is 11.6 Å². The molecule has 2 heterocycles. The molecule has 0 aromatic heterocycles. The number of nitrogens with one attached hydrogen (secondary N) is 1. The maximum absolute atomic E-state index is 9.03. The van der Waals surface area contributed by atoms with Crippen molar-refractivity contribution in [1.29, 1.82) is 5.26 Å². The molecular weight excluding hydrogens is 258 g/mol. The third-order valence-electron chi connectivity index (χ3n) is 5.34. The Balaban J connectivity index is 1.65. The fourth-order valence-electron chi connectivity index (χ4n) is 4.08. The number of piperidine rings is 2. The van der Waals surface area contributed by atoms with E-state index < -0.39 is 0 Å². The molecule has 3 rings (SSSR count). The zero-order valence-electron chi connectivity index (χ0n) is 13.0. The molecule has 2 aliphatic rings. The third-order valence-corrected chi connectivity index (χ3v) is 5.34. The molecule has 3 nitrogen and oxygen atoms in total. The number of rotatable bonds is 3. The van der Waals surface area contributed by atoms with Gasteiger partial charge in [-0.05, 0) is 57.4 Å². The van der Waals surface area contributed by atoms with Gasteiger partial charge in [0.2, 0.25) is 0 Å². The Morgan fingerprint density at radius 3 is 2.67 bits per heavy atom. The molecular formula is C18H25N3. The van der Waals surface area contributed by atoms with Crippen molar-refractivity contribution in [3.63, 3.8) is 0 Å². The van der Waals surface area contributed by atoms with E-state index in [0.29, 0.717) is 12.1 Å². The first-order valence-corrected chi connectivity index (χ1v) is 8.15. The minimum atomic E-state index is 0.312. The molecule has 3 atom stereocenters. The number of hydrogen-bond acceptors (Lipinski definition) is 3. The first-order chi connectivity index (χ1) is 10.2. The monoisotopic (exact) mass is 283 g/mol. The lowest BCUT2D eigenvalue weighted by atomic mass is 9.82. The molecule has 1 aromatic carbocycles. The number of nitrogens with zero attached hydrogens (tertiary/aromatic N) is 2. The van der Waals surface area contributed by atoms with E-state index in [9.17, 15) is 0 Å². The van der Waals surface area contributed by atoms with Crippen LogP contribution in [0.5, 0.6) is 0 Å². The van der Waals surface area contributed by atoms with Crippen molar-refractivity contribution in [1.82, 2.24) is 10.2 Å². The summed E-state index contributed by atoms with van der Waals surface area (Å²) in [5, 5.41) is 12.8. The molecule has 2 aliphatic heterocycles. The standard InChI is InChI=1S/C18H25N3/c1-13(15-6-3-5-14(9-15)12-19)20-16-10-17-7-4-8-18(11-16)21(17)2/h3,5-6,9,13,16-18,20H,4,7-8,10-11H2,1-2H3. The second kappa shape index (κ2) is 6.17. The molecule has 3 unspecified atom stereocenters. The molecule has 0 aliphatic carbocycles. The third kappa shape index (κ3) is 3.12. The van der Waals surface area contributed by atoms with Gasteiger partial charge in [0.25, 0.3) is 0 Å². The minimum Gasteiger partial charge on any atom is -0.307 e. The van der Waals surface area contributed by atoms with Crippen LogP contribution >= 0.6 is 0 Å². The van der Waals surface area contributed by atoms with Crippen LogP contribution in [0.2, 0.25) is 0 Å². The number of benzene rings is 1. The molecule has 2 fully saturated rings. The summed E-state index contributed by atoms with van der Waals surface area (Å²) in [6.07, 6.45) is 6.61. The highest BCUT2D eigenvalue weighted by atomic mass is 15.2. The predicted molar refractivity (Wildman–Crippen MR) is 84.9 cm³/mol. The summed E-state index contributed by atoms with van der Waals surface area (Å²) in [6.45, 7) is 2.21. The van der Waals surface area contributed by atoms with Gasteiger partial charge in [-0.1, -0.05) is 18.6 Å². The molecule has 2 bridgehead atoms. The topological polar surface area (TPSA) is 39.1 Å². The molecule has 3 heteroatoms. The first kappa shape index (κ1) is 14.6. The van der Waals surface area contributed by atoms with Crippen molar-refractivity contribution in [2.75, 3.05) is 7.05 Å². The molecule has 112 valence electrons. The van der Waals surface area contributed by atoms with Gasteiger partial charge in [-0.25, -0.2) is 0 Å². The van der Waals surface area contributed by atoms with E-state index in [0.717, 1.165) is 17.6 Å². The van der Waals surface area contributed by atoms with Crippen LogP contribution in [0.1, 0.15) is 56.2 Å². The average Bonchev–Trinajstić information content (AvgIpc) is 2.48. The summed E-state index contributed by atoms with van der Waals surface area (Å²) in [4.78, 5) is 2.60. The first-order valence-electron chi connectivity index (χ1n) is 8.15. The fraction of sp³-hybridized carbons (Fsp3) is 0.611. The zero-order valence-corrected chi connectivity index (χ0v) is 13.0. The Kier molecular flexibility index (Phi) is 4.28. The summed E-state index contributed by atoms with van der Waals surface area (Å²) < 4.78 is 0. The van der Waals surface area contributed by atoms with Crippen LogP contribution in [0.15, 0.2) is 24.3 Å². The highest BCUT2D eigenvalue weighted by Crippen LogP contribution is 2.33. The van der Waals surface area contributed by atoms with Gasteiger partial charge >= 0.3 is 0 Å². The second-order valence-electron chi connectivity index (χ2n) is 6.70. The second-order valence-corrected chi connectivity index (χ2v) is 6.70. The highest BCUT2D eigenvalue weighted by Gasteiger charge is 2.36. The van der Waals surface area contributed by atoms with E-state index in [1.54, 1.807) is 0 Å². The van der Waals surface area contributed by atoms with Gasteiger partial charge in [-0.2, -0.15) is 5.26 Å². The van der Waals surface area contributed by atoms with Gasteiger partial charge in [0, 0.05) is 24.2 Å². The molecule has 0 amide bonds. The van der Waals surface area contributed by atoms with Gasteiger partial charge < -0.3 is 10.2 Å². The van der Waals surface area contributed by atoms with Crippen molar-refractivity contribution in [3.8, 4) is 6.07 Å². The van der Waals surface area contributed by atoms with Gasteiger partial charge in [-0.15, -0.1) is 0 Å². The van der Waals surface area contributed by atoms with Crippen LogP contribution in [-0.2, 0) is 0 Å². The van der Waals surface area contributed by atoms with E-state index in [1.807, 2.05) is 18.2 Å². The van der Waals surface area contributed by atoms with Crippen LogP contribution in [-0.4, -0.2) is 30.1 Å². The lowest BCUT2D eigenvalue weighted by Crippen LogP contribution is -2.54. The SMILES string of the molecule is CC(NC1CC2CCCC(C1)N2C)c1cccc(C#N)c1. The molecule has 1 N–H and O–H groups in total. The molecule has 21 heavy (non-hydrogen) atoms. The average molecular weight is 283 g/mol. The van der Waals surface area contributed by atoms with E-state index in [1.165, 1.54) is 37.7 Å². The minimum absolute atomic E-state index is 0.312. The summed E-state index contributed by atoms with van der Waals surface area (Å²) in [5.41, 5.74) is 1.97. The molecule has 0 spiro atoms. The van der Waals surface area contributed by atoms with Crippen LogP contribution < -0.4 is 5.32 Å². The van der Waals surface area contributed by atoms with Crippen molar-refractivity contribution in [3.05, 3.63) is 35.4 Å². The Hall–Kier alpha value is -1.37. The van der Waals surface area contributed by atoms with E-state index in [4.69, 9.17) is 5.26 Å². The van der Waals surface area contributed by atoms with Gasteiger partial charge in [0.1, 0.15) is 0 Å². The summed E-state index contributed by atoms with van der Waals surface area (Å²) in [6, 6.07) is 12.6. The van der Waals surface area contributed by atoms with Gasteiger partial charge in [-0.3, -0.25) is 0 Å². The van der Waals surface area contributed by atoms with Gasteiger partial charge in [0.15, 0.2) is 0 Å². The van der Waals surface area contributed by atoms with Crippen molar-refractivity contribution in [2.24, 2.45) is 0 Å². The smallest absolute Gasteiger partial charge is 0.0991 e. The maximum atomic E-state index is 9.03. The Morgan fingerprint density at radius 1 is 1.29 bits per heavy atom. The predicted octanol–water partition coefficient (Wildman–Crippen LogP) is 3.22. The molecule has 1 aromatic rings. The number of fused-ring (bicyclic) bond motifs is 2. The quantitative estimate of drug-likeness (QED) is 0.925. The van der Waals surface area contributed by atoms with Crippen molar-refractivity contribution >= 4 is 0 Å². The van der Waals surface area contributed by atoms with Crippen LogP contribution in [0.3, 0.4) is 0 Å². The Labute approximate surface area is 128 Å². The summed E-state index contributed by atoms with van der Waals surface area (Å²) in [5.74, 6) is 0. The maximum Gasteiger partial charge on any atom is 0.0991 e. The molecule has 0 radical (unpaired) electrons. The summed E-state index contributed by atoms with van der Waals surface area (Å²) >= 11 is 0. The highest BCUT2D eigenvalue weighted by molar-refractivity contribution is 5.34. The lowest BCUT2D eigenvalue weighted by molar-refractivity contribution is 0.0463. The van der Waals surface area contributed by atoms with E-state index in [-0.39, 0.29) is 0 Å². The van der Waals surface area contributed by atoms with Crippen LogP contribution in [0, 0.1) is 11.3 Å². The molecule has 2 saturated heterocycles. The Bertz CT molecular complexity index is 520. The number of hydrogen-bond donors (Lipinski definition) is 1. The van der Waals surface area contributed by atoms with Crippen molar-refractivity contribution < 1.29 is 0 Å². The van der Waals surface area contributed by atoms with Crippen molar-refractivity contribution in [2.45, 2.75) is 63.2 Å². The largest absolute Gasteiger partial charge is 0.307 e. The van der Waals surface area contributed by atoms with E-state index in [2.05, 4.69) is 36.3 Å². The molecule has 0 saturated carbocycles. The van der Waals surface area contributed by atoms with Crippen LogP contribution in [0.4, 0.5) is 0 Å². The normalized spacial score (nSPS) is 30.6. The van der Waals surface area contributed by atoms with E-state index >= 15 is 0 Å². The van der Waals surface area contributed by atoms with Crippen LogP contribution in [0.25, 0.3) is 0 Å². The number of nitriles is 1. The Morgan fingerprint density at radius 2 is 2.00 bits per heavy atom. The lowest BCUT2D eigenvalue weighted by Gasteiger charge is -2.47.